The van der Waals surface area contributed by atoms with Crippen molar-refractivity contribution < 1.29 is 17.7 Å². The predicted molar refractivity (Wildman–Crippen MR) is 88.9 cm³/mol. The number of aryl methyl sites for hydroxylation is 1. The molecule has 0 spiro atoms. The fraction of sp³-hybridized carbons (Fsp3) is 0.500. The lowest BCUT2D eigenvalue weighted by Gasteiger charge is -2.33. The van der Waals surface area contributed by atoms with Gasteiger partial charge in [-0.05, 0) is 11.4 Å². The van der Waals surface area contributed by atoms with Crippen LogP contribution in [0.2, 0.25) is 0 Å². The van der Waals surface area contributed by atoms with E-state index in [1.807, 2.05) is 17.5 Å². The first-order chi connectivity index (χ1) is 11.4. The Balaban J connectivity index is 1.50. The van der Waals surface area contributed by atoms with Crippen molar-refractivity contribution in [3.05, 3.63) is 23.4 Å². The van der Waals surface area contributed by atoms with Crippen LogP contribution in [0.1, 0.15) is 12.3 Å². The first kappa shape index (κ1) is 17.1. The smallest absolute Gasteiger partial charge is 0.227 e. The van der Waals surface area contributed by atoms with Crippen LogP contribution >= 0.6 is 11.3 Å². The van der Waals surface area contributed by atoms with Gasteiger partial charge in [0, 0.05) is 39.0 Å². The molecule has 0 saturated carbocycles. The monoisotopic (exact) mass is 370 g/mol. The van der Waals surface area contributed by atoms with Gasteiger partial charge in [-0.15, -0.1) is 11.3 Å². The van der Waals surface area contributed by atoms with Crippen molar-refractivity contribution in [2.45, 2.75) is 12.8 Å². The number of carbonyl (C=O) groups is 1. The molecule has 0 unspecified atom stereocenters. The lowest BCUT2D eigenvalue weighted by Crippen LogP contribution is -2.50. The van der Waals surface area contributed by atoms with Crippen LogP contribution in [0, 0.1) is 0 Å². The Kier molecular flexibility index (Phi) is 4.97. The normalized spacial score (nSPS) is 16.5. The van der Waals surface area contributed by atoms with Gasteiger partial charge in [0.1, 0.15) is 0 Å². The van der Waals surface area contributed by atoms with E-state index in [9.17, 15) is 13.2 Å². The van der Waals surface area contributed by atoms with Crippen LogP contribution in [0.15, 0.2) is 22.0 Å². The van der Waals surface area contributed by atoms with Crippen LogP contribution in [-0.2, 0) is 21.2 Å². The van der Waals surface area contributed by atoms with E-state index in [1.54, 1.807) is 4.90 Å². The summed E-state index contributed by atoms with van der Waals surface area (Å²) < 4.78 is 29.5. The third-order valence-corrected chi connectivity index (χ3v) is 5.99. The number of sulfonamides is 1. The molecule has 0 aromatic carbocycles. The van der Waals surface area contributed by atoms with Crippen LogP contribution < -0.4 is 0 Å². The summed E-state index contributed by atoms with van der Waals surface area (Å²) in [7, 11) is -3.19. The van der Waals surface area contributed by atoms with Gasteiger partial charge < -0.3 is 9.42 Å². The number of hydrogen-bond acceptors (Lipinski definition) is 7. The summed E-state index contributed by atoms with van der Waals surface area (Å²) in [6.07, 6.45) is 1.83. The molecular weight excluding hydrogens is 352 g/mol. The van der Waals surface area contributed by atoms with Gasteiger partial charge in [-0.1, -0.05) is 11.2 Å². The zero-order valence-corrected chi connectivity index (χ0v) is 14.8. The van der Waals surface area contributed by atoms with Crippen LogP contribution in [0.3, 0.4) is 0 Å². The van der Waals surface area contributed by atoms with Gasteiger partial charge in [0.2, 0.25) is 27.6 Å². The second-order valence-corrected chi connectivity index (χ2v) is 8.46. The Morgan fingerprint density at radius 1 is 1.33 bits per heavy atom. The SMILES string of the molecule is CS(=O)(=O)N1CCN(C(=O)CCc2nc(-c3cccs3)no2)CC1. The fourth-order valence-corrected chi connectivity index (χ4v) is 3.98. The quantitative estimate of drug-likeness (QED) is 0.774. The third kappa shape index (κ3) is 4.00. The fourth-order valence-electron chi connectivity index (χ4n) is 2.50. The summed E-state index contributed by atoms with van der Waals surface area (Å²) >= 11 is 1.52. The Morgan fingerprint density at radius 2 is 2.08 bits per heavy atom. The minimum Gasteiger partial charge on any atom is -0.340 e. The van der Waals surface area contributed by atoms with Crippen LogP contribution in [0.4, 0.5) is 0 Å². The molecule has 8 nitrogen and oxygen atoms in total. The van der Waals surface area contributed by atoms with Crippen molar-refractivity contribution in [3.8, 4) is 10.7 Å². The van der Waals surface area contributed by atoms with Gasteiger partial charge in [0.05, 0.1) is 11.1 Å². The maximum atomic E-state index is 12.2. The standard InChI is InChI=1S/C14H18N4O4S2/c1-24(20,21)18-8-6-17(7-9-18)13(19)5-4-12-15-14(16-22-12)11-3-2-10-23-11/h2-3,10H,4-9H2,1H3. The molecule has 0 N–H and O–H groups in total. The van der Waals surface area contributed by atoms with Crippen LogP contribution in [-0.4, -0.2) is 66.1 Å². The van der Waals surface area contributed by atoms with E-state index in [4.69, 9.17) is 4.52 Å². The van der Waals surface area contributed by atoms with E-state index in [-0.39, 0.29) is 12.3 Å². The number of carbonyl (C=O) groups excluding carboxylic acids is 1. The molecule has 3 heterocycles. The van der Waals surface area contributed by atoms with E-state index >= 15 is 0 Å². The van der Waals surface area contributed by atoms with Gasteiger partial charge in [0.15, 0.2) is 0 Å². The van der Waals surface area contributed by atoms with Gasteiger partial charge in [0.25, 0.3) is 0 Å². The number of piperazine rings is 1. The molecule has 3 rings (SSSR count). The minimum absolute atomic E-state index is 0.0287. The summed E-state index contributed by atoms with van der Waals surface area (Å²) in [4.78, 5) is 19.1. The third-order valence-electron chi connectivity index (χ3n) is 3.82. The van der Waals surface area contributed by atoms with Gasteiger partial charge in [-0.2, -0.15) is 9.29 Å². The largest absolute Gasteiger partial charge is 0.340 e. The molecule has 1 fully saturated rings. The highest BCUT2D eigenvalue weighted by Crippen LogP contribution is 2.21. The number of amides is 1. The molecule has 0 bridgehead atoms. The Hall–Kier alpha value is -1.78. The summed E-state index contributed by atoms with van der Waals surface area (Å²) in [5.41, 5.74) is 0. The van der Waals surface area contributed by atoms with Crippen molar-refractivity contribution in [2.75, 3.05) is 32.4 Å². The zero-order chi connectivity index (χ0) is 17.2. The van der Waals surface area contributed by atoms with E-state index < -0.39 is 10.0 Å². The summed E-state index contributed by atoms with van der Waals surface area (Å²) in [6.45, 7) is 1.51. The van der Waals surface area contributed by atoms with Crippen molar-refractivity contribution in [2.24, 2.45) is 0 Å². The number of hydrogen-bond donors (Lipinski definition) is 0. The first-order valence-electron chi connectivity index (χ1n) is 7.53. The highest BCUT2D eigenvalue weighted by atomic mass is 32.2. The summed E-state index contributed by atoms with van der Waals surface area (Å²) in [5, 5.41) is 5.85. The molecule has 1 saturated heterocycles. The second-order valence-electron chi connectivity index (χ2n) is 5.53. The van der Waals surface area contributed by atoms with Crippen molar-refractivity contribution in [1.82, 2.24) is 19.3 Å². The molecule has 0 atom stereocenters. The van der Waals surface area contributed by atoms with E-state index in [2.05, 4.69) is 10.1 Å². The number of nitrogens with zero attached hydrogens (tertiary/aromatic N) is 4. The van der Waals surface area contributed by atoms with Crippen LogP contribution in [0.5, 0.6) is 0 Å². The molecule has 1 aliphatic rings. The molecule has 0 radical (unpaired) electrons. The molecular formula is C14H18N4O4S2. The molecule has 0 aliphatic carbocycles. The van der Waals surface area contributed by atoms with Crippen LogP contribution in [0.25, 0.3) is 10.7 Å². The lowest BCUT2D eigenvalue weighted by molar-refractivity contribution is -0.132. The average molecular weight is 370 g/mol. The number of rotatable bonds is 5. The molecule has 10 heteroatoms. The summed E-state index contributed by atoms with van der Waals surface area (Å²) in [5.74, 6) is 0.940. The Bertz CT molecular complexity index is 793. The molecule has 1 aliphatic heterocycles. The van der Waals surface area contributed by atoms with Crippen molar-refractivity contribution >= 4 is 27.3 Å². The molecule has 24 heavy (non-hydrogen) atoms. The van der Waals surface area contributed by atoms with Crippen molar-refractivity contribution in [3.63, 3.8) is 0 Å². The number of aromatic nitrogens is 2. The topological polar surface area (TPSA) is 96.6 Å². The Morgan fingerprint density at radius 3 is 2.71 bits per heavy atom. The highest BCUT2D eigenvalue weighted by molar-refractivity contribution is 7.88. The first-order valence-corrected chi connectivity index (χ1v) is 10.3. The van der Waals surface area contributed by atoms with Crippen molar-refractivity contribution in [1.29, 1.82) is 0 Å². The summed E-state index contributed by atoms with van der Waals surface area (Å²) in [6, 6.07) is 3.82. The maximum absolute atomic E-state index is 12.2. The molecule has 2 aromatic rings. The van der Waals surface area contributed by atoms with Gasteiger partial charge >= 0.3 is 0 Å². The molecule has 130 valence electrons. The predicted octanol–water partition coefficient (Wildman–Crippen LogP) is 0.835. The molecule has 1 amide bonds. The average Bonchev–Trinajstić information content (AvgIpc) is 3.23. The minimum atomic E-state index is -3.19. The maximum Gasteiger partial charge on any atom is 0.227 e. The second kappa shape index (κ2) is 6.99. The zero-order valence-electron chi connectivity index (χ0n) is 13.2. The lowest BCUT2D eigenvalue weighted by atomic mass is 10.2. The van der Waals surface area contributed by atoms with E-state index in [1.165, 1.54) is 21.9 Å². The number of thiophene rings is 1. The van der Waals surface area contributed by atoms with Gasteiger partial charge in [-0.3, -0.25) is 4.79 Å². The van der Waals surface area contributed by atoms with E-state index in [0.29, 0.717) is 44.3 Å². The van der Waals surface area contributed by atoms with Gasteiger partial charge in [-0.25, -0.2) is 8.42 Å². The highest BCUT2D eigenvalue weighted by Gasteiger charge is 2.26. The Labute approximate surface area is 144 Å². The van der Waals surface area contributed by atoms with E-state index in [0.717, 1.165) is 4.88 Å². The molecule has 2 aromatic heterocycles.